The summed E-state index contributed by atoms with van der Waals surface area (Å²) in [5, 5.41) is 11.3. The van der Waals surface area contributed by atoms with E-state index in [0.29, 0.717) is 35.0 Å². The van der Waals surface area contributed by atoms with Crippen LogP contribution in [-0.2, 0) is 16.1 Å². The van der Waals surface area contributed by atoms with Crippen molar-refractivity contribution < 1.29 is 28.9 Å². The molecular formula is C28H28N2O6. The molecule has 8 nitrogen and oxygen atoms in total. The van der Waals surface area contributed by atoms with Gasteiger partial charge in [0.15, 0.2) is 11.5 Å². The average molecular weight is 489 g/mol. The van der Waals surface area contributed by atoms with Gasteiger partial charge in [0, 0.05) is 30.1 Å². The van der Waals surface area contributed by atoms with Crippen molar-refractivity contribution in [3.8, 4) is 17.2 Å². The van der Waals surface area contributed by atoms with Crippen LogP contribution in [-0.4, -0.2) is 47.5 Å². The van der Waals surface area contributed by atoms with Crippen LogP contribution in [0.5, 0.6) is 17.2 Å². The number of aliphatic hydroxyl groups is 1. The zero-order valence-corrected chi connectivity index (χ0v) is 20.4. The van der Waals surface area contributed by atoms with Crippen molar-refractivity contribution in [1.82, 2.24) is 9.88 Å². The van der Waals surface area contributed by atoms with Crippen LogP contribution in [0.2, 0.25) is 0 Å². The Morgan fingerprint density at radius 3 is 2.44 bits per heavy atom. The number of ketones is 1. The van der Waals surface area contributed by atoms with Gasteiger partial charge in [-0.25, -0.2) is 0 Å². The van der Waals surface area contributed by atoms with E-state index in [-0.39, 0.29) is 17.9 Å². The standard InChI is InChI=1S/C28H28N2O6/c1-4-15-36-20-12-10-19(11-13-20)25(31)23-24(21-8-5-9-22(34-2)27(21)35-3)30(28(33)26(23)32)17-18-7-6-14-29-16-18/h5-14,16,24,31H,4,15,17H2,1-3H3/t24-/m0/s1. The molecule has 1 N–H and O–H groups in total. The minimum atomic E-state index is -0.911. The molecule has 1 aliphatic heterocycles. The van der Waals surface area contributed by atoms with Crippen molar-refractivity contribution in [1.29, 1.82) is 0 Å². The molecule has 0 radical (unpaired) electrons. The van der Waals surface area contributed by atoms with Gasteiger partial charge >= 0.3 is 0 Å². The Kier molecular flexibility index (Phi) is 7.53. The Hall–Kier alpha value is -4.33. The molecule has 0 saturated carbocycles. The predicted octanol–water partition coefficient (Wildman–Crippen LogP) is 4.51. The molecule has 4 rings (SSSR count). The number of pyridine rings is 1. The number of nitrogens with zero attached hydrogens (tertiary/aromatic N) is 2. The highest BCUT2D eigenvalue weighted by Gasteiger charge is 2.47. The number of Topliss-reactive ketones (excluding diaryl/α,β-unsaturated/α-hetero) is 1. The molecule has 2 heterocycles. The SMILES string of the molecule is CCCOc1ccc(C(O)=C2C(=O)C(=O)N(Cc3cccnc3)[C@H]2c2cccc(OC)c2OC)cc1. The molecule has 36 heavy (non-hydrogen) atoms. The van der Waals surface area contributed by atoms with Gasteiger partial charge in [0.2, 0.25) is 0 Å². The Morgan fingerprint density at radius 2 is 1.81 bits per heavy atom. The van der Waals surface area contributed by atoms with Crippen LogP contribution in [0.1, 0.15) is 36.1 Å². The maximum atomic E-state index is 13.3. The lowest BCUT2D eigenvalue weighted by atomic mass is 9.94. The number of methoxy groups -OCH3 is 2. The summed E-state index contributed by atoms with van der Waals surface area (Å²) in [6.07, 6.45) is 4.13. The van der Waals surface area contributed by atoms with Crippen LogP contribution in [0.3, 0.4) is 0 Å². The predicted molar refractivity (Wildman–Crippen MR) is 134 cm³/mol. The summed E-state index contributed by atoms with van der Waals surface area (Å²) in [5.41, 5.74) is 1.62. The first kappa shape index (κ1) is 24.8. The number of aromatic nitrogens is 1. The maximum absolute atomic E-state index is 13.3. The Balaban J connectivity index is 1.86. The van der Waals surface area contributed by atoms with E-state index in [1.54, 1.807) is 60.9 Å². The Bertz CT molecular complexity index is 1270. The number of carbonyl (C=O) groups excluding carboxylic acids is 2. The molecule has 0 aliphatic carbocycles. The Morgan fingerprint density at radius 1 is 1.03 bits per heavy atom. The normalized spacial score (nSPS) is 16.8. The summed E-state index contributed by atoms with van der Waals surface area (Å²) in [4.78, 5) is 32.2. The molecule has 0 bridgehead atoms. The van der Waals surface area contributed by atoms with E-state index in [2.05, 4.69) is 4.98 Å². The highest BCUT2D eigenvalue weighted by molar-refractivity contribution is 6.46. The molecular weight excluding hydrogens is 460 g/mol. The van der Waals surface area contributed by atoms with Gasteiger partial charge in [-0.15, -0.1) is 0 Å². The smallest absolute Gasteiger partial charge is 0.295 e. The maximum Gasteiger partial charge on any atom is 0.295 e. The lowest BCUT2D eigenvalue weighted by Crippen LogP contribution is -2.29. The van der Waals surface area contributed by atoms with Gasteiger partial charge in [0.05, 0.1) is 32.4 Å². The van der Waals surface area contributed by atoms with Crippen LogP contribution in [0.15, 0.2) is 72.6 Å². The van der Waals surface area contributed by atoms with Gasteiger partial charge < -0.3 is 24.2 Å². The fraction of sp³-hybridized carbons (Fsp3) is 0.250. The molecule has 1 aromatic heterocycles. The Labute approximate surface area is 209 Å². The minimum Gasteiger partial charge on any atom is -0.507 e. The molecule has 2 aromatic carbocycles. The number of rotatable bonds is 9. The van der Waals surface area contributed by atoms with E-state index in [4.69, 9.17) is 14.2 Å². The first-order chi connectivity index (χ1) is 17.5. The molecule has 1 aliphatic rings. The van der Waals surface area contributed by atoms with Gasteiger partial charge in [-0.3, -0.25) is 14.6 Å². The largest absolute Gasteiger partial charge is 0.507 e. The van der Waals surface area contributed by atoms with Crippen LogP contribution < -0.4 is 14.2 Å². The van der Waals surface area contributed by atoms with E-state index >= 15 is 0 Å². The second-order valence-corrected chi connectivity index (χ2v) is 8.24. The van der Waals surface area contributed by atoms with Crippen molar-refractivity contribution in [3.05, 3.63) is 89.3 Å². The van der Waals surface area contributed by atoms with Crippen LogP contribution >= 0.6 is 0 Å². The molecule has 3 aromatic rings. The highest BCUT2D eigenvalue weighted by Crippen LogP contribution is 2.46. The van der Waals surface area contributed by atoms with E-state index in [1.165, 1.54) is 19.1 Å². The van der Waals surface area contributed by atoms with E-state index in [9.17, 15) is 14.7 Å². The third kappa shape index (κ3) is 4.75. The molecule has 1 saturated heterocycles. The third-order valence-corrected chi connectivity index (χ3v) is 5.94. The van der Waals surface area contributed by atoms with Crippen LogP contribution in [0.4, 0.5) is 0 Å². The van der Waals surface area contributed by atoms with Gasteiger partial charge in [-0.1, -0.05) is 25.1 Å². The highest BCUT2D eigenvalue weighted by atomic mass is 16.5. The summed E-state index contributed by atoms with van der Waals surface area (Å²) in [7, 11) is 3.00. The van der Waals surface area contributed by atoms with Crippen molar-refractivity contribution >= 4 is 17.4 Å². The summed E-state index contributed by atoms with van der Waals surface area (Å²) in [6.45, 7) is 2.70. The molecule has 0 spiro atoms. The summed E-state index contributed by atoms with van der Waals surface area (Å²) < 4.78 is 16.7. The summed E-state index contributed by atoms with van der Waals surface area (Å²) in [5.74, 6) is -0.317. The number of amides is 1. The first-order valence-corrected chi connectivity index (χ1v) is 11.6. The minimum absolute atomic E-state index is 0.0299. The average Bonchev–Trinajstić information content (AvgIpc) is 3.16. The topological polar surface area (TPSA) is 98.2 Å². The second-order valence-electron chi connectivity index (χ2n) is 8.24. The van der Waals surface area contributed by atoms with Crippen molar-refractivity contribution in [2.45, 2.75) is 25.9 Å². The lowest BCUT2D eigenvalue weighted by molar-refractivity contribution is -0.140. The lowest BCUT2D eigenvalue weighted by Gasteiger charge is -2.27. The molecule has 1 fully saturated rings. The summed E-state index contributed by atoms with van der Waals surface area (Å²) in [6, 6.07) is 14.7. The van der Waals surface area contributed by atoms with E-state index < -0.39 is 17.7 Å². The monoisotopic (exact) mass is 488 g/mol. The number of ether oxygens (including phenoxy) is 3. The van der Waals surface area contributed by atoms with Crippen LogP contribution in [0, 0.1) is 0 Å². The van der Waals surface area contributed by atoms with E-state index in [1.807, 2.05) is 13.0 Å². The van der Waals surface area contributed by atoms with Gasteiger partial charge in [-0.05, 0) is 48.4 Å². The van der Waals surface area contributed by atoms with Gasteiger partial charge in [-0.2, -0.15) is 0 Å². The zero-order chi connectivity index (χ0) is 25.7. The number of hydrogen-bond acceptors (Lipinski definition) is 7. The number of benzene rings is 2. The number of carbonyl (C=O) groups is 2. The zero-order valence-electron chi connectivity index (χ0n) is 20.4. The van der Waals surface area contributed by atoms with E-state index in [0.717, 1.165) is 12.0 Å². The fourth-order valence-corrected chi connectivity index (χ4v) is 4.27. The quantitative estimate of drug-likeness (QED) is 0.269. The number of hydrogen-bond donors (Lipinski definition) is 1. The molecule has 186 valence electrons. The molecule has 0 unspecified atom stereocenters. The first-order valence-electron chi connectivity index (χ1n) is 11.6. The fourth-order valence-electron chi connectivity index (χ4n) is 4.27. The second kappa shape index (κ2) is 10.9. The van der Waals surface area contributed by atoms with Gasteiger partial charge in [0.25, 0.3) is 11.7 Å². The van der Waals surface area contributed by atoms with Crippen LogP contribution in [0.25, 0.3) is 5.76 Å². The molecule has 1 atom stereocenters. The van der Waals surface area contributed by atoms with Gasteiger partial charge in [0.1, 0.15) is 11.5 Å². The van der Waals surface area contributed by atoms with Crippen molar-refractivity contribution in [3.63, 3.8) is 0 Å². The number of para-hydroxylation sites is 1. The third-order valence-electron chi connectivity index (χ3n) is 5.94. The number of aliphatic hydroxyl groups excluding tert-OH is 1. The number of likely N-dealkylation sites (tertiary alicyclic amines) is 1. The molecule has 1 amide bonds. The van der Waals surface area contributed by atoms with Crippen molar-refractivity contribution in [2.24, 2.45) is 0 Å². The summed E-state index contributed by atoms with van der Waals surface area (Å²) >= 11 is 0. The molecule has 8 heteroatoms. The van der Waals surface area contributed by atoms with Crippen molar-refractivity contribution in [2.75, 3.05) is 20.8 Å².